The van der Waals surface area contributed by atoms with Crippen molar-refractivity contribution in [1.29, 1.82) is 0 Å². The molecule has 4 heteroatoms. The van der Waals surface area contributed by atoms with Crippen molar-refractivity contribution in [2.75, 3.05) is 6.54 Å². The Balaban J connectivity index is 2.87. The number of rotatable bonds is 3. The minimum absolute atomic E-state index is 0.00796. The maximum atomic E-state index is 11.4. The first-order chi connectivity index (χ1) is 6.49. The largest absolute Gasteiger partial charge is 0.300 e. The van der Waals surface area contributed by atoms with Crippen molar-refractivity contribution in [3.8, 4) is 0 Å². The highest BCUT2D eigenvalue weighted by Crippen LogP contribution is 2.28. The fourth-order valence-electron chi connectivity index (χ4n) is 1.98. The van der Waals surface area contributed by atoms with E-state index in [2.05, 4.69) is 0 Å². The van der Waals surface area contributed by atoms with Gasteiger partial charge in [0.15, 0.2) is 5.78 Å². The Morgan fingerprint density at radius 2 is 1.86 bits per heavy atom. The average molecular weight is 199 g/mol. The first kappa shape index (κ1) is 11.3. The van der Waals surface area contributed by atoms with Crippen molar-refractivity contribution in [2.24, 2.45) is 5.92 Å². The molecule has 0 aromatic heterocycles. The minimum atomic E-state index is -0.581. The van der Waals surface area contributed by atoms with E-state index < -0.39 is 6.10 Å². The van der Waals surface area contributed by atoms with Crippen LogP contribution in [0.3, 0.4) is 0 Å². The molecule has 0 amide bonds. The van der Waals surface area contributed by atoms with Gasteiger partial charge in [0.2, 0.25) is 0 Å². The van der Waals surface area contributed by atoms with Gasteiger partial charge in [-0.1, -0.05) is 6.92 Å². The highest BCUT2D eigenvalue weighted by Gasteiger charge is 2.44. The predicted molar refractivity (Wildman–Crippen MR) is 51.6 cm³/mol. The van der Waals surface area contributed by atoms with Crippen molar-refractivity contribution < 1.29 is 14.4 Å². The van der Waals surface area contributed by atoms with Gasteiger partial charge >= 0.3 is 0 Å². The van der Waals surface area contributed by atoms with E-state index in [1.54, 1.807) is 5.06 Å². The first-order valence-electron chi connectivity index (χ1n) is 4.93. The van der Waals surface area contributed by atoms with Crippen LogP contribution in [0.2, 0.25) is 0 Å². The highest BCUT2D eigenvalue weighted by molar-refractivity contribution is 5.90. The third-order valence-corrected chi connectivity index (χ3v) is 2.73. The molecular weight excluding hydrogens is 182 g/mol. The first-order valence-corrected chi connectivity index (χ1v) is 4.93. The van der Waals surface area contributed by atoms with E-state index in [0.29, 0.717) is 6.54 Å². The molecule has 1 saturated heterocycles. The summed E-state index contributed by atoms with van der Waals surface area (Å²) in [4.78, 5) is 28.1. The molecule has 1 rings (SSSR count). The van der Waals surface area contributed by atoms with Crippen LogP contribution >= 0.6 is 0 Å². The van der Waals surface area contributed by atoms with Crippen LogP contribution in [0.5, 0.6) is 0 Å². The van der Waals surface area contributed by atoms with Gasteiger partial charge < -0.3 is 0 Å². The van der Waals surface area contributed by atoms with Crippen LogP contribution in [-0.2, 0) is 14.4 Å². The molecule has 1 aliphatic heterocycles. The average Bonchev–Trinajstić information content (AvgIpc) is 2.42. The highest BCUT2D eigenvalue weighted by atomic mass is 16.7. The smallest absolute Gasteiger partial charge is 0.161 e. The Morgan fingerprint density at radius 1 is 1.29 bits per heavy atom. The molecule has 80 valence electrons. The number of hydroxylamine groups is 2. The SMILES string of the molecule is CCN1O[C@H](C(C)=O)[C@@H](C(C)=O)[C@H]1C. The fourth-order valence-corrected chi connectivity index (χ4v) is 1.98. The van der Waals surface area contributed by atoms with Crippen molar-refractivity contribution >= 4 is 11.6 Å². The number of nitrogens with zero attached hydrogens (tertiary/aromatic N) is 1. The second kappa shape index (κ2) is 4.19. The molecule has 3 atom stereocenters. The molecule has 0 unspecified atom stereocenters. The number of ketones is 2. The predicted octanol–water partition coefficient (Wildman–Crippen LogP) is 0.805. The Bertz CT molecular complexity index is 252. The van der Waals surface area contributed by atoms with Crippen molar-refractivity contribution in [1.82, 2.24) is 5.06 Å². The van der Waals surface area contributed by atoms with E-state index in [-0.39, 0.29) is 23.5 Å². The maximum Gasteiger partial charge on any atom is 0.161 e. The van der Waals surface area contributed by atoms with Crippen molar-refractivity contribution in [3.05, 3.63) is 0 Å². The Kier molecular flexibility index (Phi) is 3.39. The third-order valence-electron chi connectivity index (χ3n) is 2.73. The van der Waals surface area contributed by atoms with Gasteiger partial charge in [-0.2, -0.15) is 5.06 Å². The molecule has 4 nitrogen and oxygen atoms in total. The Labute approximate surface area is 84.2 Å². The van der Waals surface area contributed by atoms with Crippen LogP contribution in [0.15, 0.2) is 0 Å². The monoisotopic (exact) mass is 199 g/mol. The summed E-state index contributed by atoms with van der Waals surface area (Å²) in [5.74, 6) is -0.367. The number of carbonyl (C=O) groups excluding carboxylic acids is 2. The van der Waals surface area contributed by atoms with E-state index in [9.17, 15) is 9.59 Å². The third kappa shape index (κ3) is 1.86. The van der Waals surface area contributed by atoms with E-state index in [1.165, 1.54) is 13.8 Å². The number of carbonyl (C=O) groups is 2. The summed E-state index contributed by atoms with van der Waals surface area (Å²) in [5, 5.41) is 1.71. The lowest BCUT2D eigenvalue weighted by atomic mass is 9.90. The standard InChI is InChI=1S/C10H17NO3/c1-5-11-6(2)9(7(3)12)10(14-11)8(4)13/h6,9-10H,5H2,1-4H3/t6-,9-,10-/m1/s1. The molecule has 1 fully saturated rings. The summed E-state index contributed by atoms with van der Waals surface area (Å²) in [7, 11) is 0. The molecule has 14 heavy (non-hydrogen) atoms. The molecule has 0 radical (unpaired) electrons. The van der Waals surface area contributed by atoms with E-state index in [1.807, 2.05) is 13.8 Å². The molecule has 0 aliphatic carbocycles. The van der Waals surface area contributed by atoms with Crippen LogP contribution < -0.4 is 0 Å². The lowest BCUT2D eigenvalue weighted by molar-refractivity contribution is -0.168. The quantitative estimate of drug-likeness (QED) is 0.674. The second-order valence-corrected chi connectivity index (χ2v) is 3.75. The summed E-state index contributed by atoms with van der Waals surface area (Å²) in [6.45, 7) is 7.52. The van der Waals surface area contributed by atoms with Gasteiger partial charge in [-0.25, -0.2) is 0 Å². The lowest BCUT2D eigenvalue weighted by Gasteiger charge is -2.18. The summed E-state index contributed by atoms with van der Waals surface area (Å²) in [6.07, 6.45) is -0.581. The van der Waals surface area contributed by atoms with Gasteiger partial charge in [-0.15, -0.1) is 0 Å². The summed E-state index contributed by atoms with van der Waals surface area (Å²) in [6, 6.07) is -0.00796. The second-order valence-electron chi connectivity index (χ2n) is 3.75. The van der Waals surface area contributed by atoms with Crippen molar-refractivity contribution in [3.63, 3.8) is 0 Å². The summed E-state index contributed by atoms with van der Waals surface area (Å²) in [5.41, 5.74) is 0. The van der Waals surface area contributed by atoms with Crippen LogP contribution in [0, 0.1) is 5.92 Å². The van der Waals surface area contributed by atoms with Gasteiger partial charge in [0.1, 0.15) is 11.9 Å². The van der Waals surface area contributed by atoms with Crippen LogP contribution in [-0.4, -0.2) is 35.3 Å². The van der Waals surface area contributed by atoms with Gasteiger partial charge in [-0.3, -0.25) is 14.4 Å². The lowest BCUT2D eigenvalue weighted by Crippen LogP contribution is -2.34. The maximum absolute atomic E-state index is 11.4. The number of Topliss-reactive ketones (excluding diaryl/α,β-unsaturated/α-hetero) is 2. The Hall–Kier alpha value is -0.740. The number of hydrogen-bond acceptors (Lipinski definition) is 4. The normalized spacial score (nSPS) is 33.3. The van der Waals surface area contributed by atoms with Crippen LogP contribution in [0.1, 0.15) is 27.7 Å². The molecule has 0 saturated carbocycles. The zero-order chi connectivity index (χ0) is 10.9. The topological polar surface area (TPSA) is 46.6 Å². The molecule has 0 aromatic carbocycles. The minimum Gasteiger partial charge on any atom is -0.300 e. The van der Waals surface area contributed by atoms with Crippen LogP contribution in [0.25, 0.3) is 0 Å². The molecule has 0 spiro atoms. The summed E-state index contributed by atoms with van der Waals surface area (Å²) >= 11 is 0. The molecule has 0 N–H and O–H groups in total. The zero-order valence-corrected chi connectivity index (χ0v) is 9.11. The van der Waals surface area contributed by atoms with Gasteiger partial charge in [0.25, 0.3) is 0 Å². The fraction of sp³-hybridized carbons (Fsp3) is 0.800. The van der Waals surface area contributed by atoms with E-state index in [4.69, 9.17) is 4.84 Å². The molecule has 0 bridgehead atoms. The summed E-state index contributed by atoms with van der Waals surface area (Å²) < 4.78 is 0. The van der Waals surface area contributed by atoms with E-state index >= 15 is 0 Å². The van der Waals surface area contributed by atoms with Gasteiger partial charge in [0, 0.05) is 12.6 Å². The molecule has 1 heterocycles. The van der Waals surface area contributed by atoms with Gasteiger partial charge in [-0.05, 0) is 20.8 Å². The number of hydrogen-bond donors (Lipinski definition) is 0. The Morgan fingerprint density at radius 3 is 2.14 bits per heavy atom. The molecule has 0 aromatic rings. The van der Waals surface area contributed by atoms with E-state index in [0.717, 1.165) is 0 Å². The van der Waals surface area contributed by atoms with Gasteiger partial charge in [0.05, 0.1) is 5.92 Å². The molecule has 1 aliphatic rings. The zero-order valence-electron chi connectivity index (χ0n) is 9.11. The molecular formula is C10H17NO3. The van der Waals surface area contributed by atoms with Crippen LogP contribution in [0.4, 0.5) is 0 Å². The van der Waals surface area contributed by atoms with Crippen molar-refractivity contribution in [2.45, 2.75) is 39.8 Å².